The van der Waals surface area contributed by atoms with Crippen molar-refractivity contribution in [2.24, 2.45) is 0 Å². The van der Waals surface area contributed by atoms with Crippen LogP contribution in [-0.4, -0.2) is 21.9 Å². The van der Waals surface area contributed by atoms with Gasteiger partial charge in [-0.1, -0.05) is 12.1 Å². The van der Waals surface area contributed by atoms with E-state index in [1.807, 2.05) is 0 Å². The smallest absolute Gasteiger partial charge is 0.345 e. The van der Waals surface area contributed by atoms with Crippen LogP contribution in [0, 0.1) is 10.1 Å². The van der Waals surface area contributed by atoms with Gasteiger partial charge in [0.15, 0.2) is 0 Å². The van der Waals surface area contributed by atoms with Gasteiger partial charge in [-0.2, -0.15) is 0 Å². The predicted octanol–water partition coefficient (Wildman–Crippen LogP) is 2.28. The monoisotopic (exact) mass is 306 g/mol. The summed E-state index contributed by atoms with van der Waals surface area (Å²) < 4.78 is 0. The summed E-state index contributed by atoms with van der Waals surface area (Å²) in [5, 5.41) is 22.0. The highest BCUT2D eigenvalue weighted by Crippen LogP contribution is 2.17. The molecule has 1 amide bonds. The molecule has 2 rings (SSSR count). The maximum Gasteiger partial charge on any atom is 0.345 e. The predicted molar refractivity (Wildman–Crippen MR) is 75.5 cm³/mol. The number of carbonyl (C=O) groups excluding carboxylic acids is 1. The summed E-state index contributed by atoms with van der Waals surface area (Å²) in [7, 11) is 0. The minimum Gasteiger partial charge on any atom is -0.477 e. The zero-order valence-electron chi connectivity index (χ0n) is 10.6. The highest BCUT2D eigenvalue weighted by Gasteiger charge is 2.13. The van der Waals surface area contributed by atoms with Gasteiger partial charge in [0.25, 0.3) is 11.6 Å². The minimum absolute atomic E-state index is 0.0500. The number of nitro benzene ring substituents is 1. The van der Waals surface area contributed by atoms with E-state index in [1.165, 1.54) is 30.3 Å². The Hall–Kier alpha value is -2.74. The van der Waals surface area contributed by atoms with E-state index in [2.05, 4.69) is 5.32 Å². The van der Waals surface area contributed by atoms with Gasteiger partial charge in [0.2, 0.25) is 0 Å². The lowest BCUT2D eigenvalue weighted by atomic mass is 10.2. The molecule has 1 heterocycles. The fourth-order valence-corrected chi connectivity index (χ4v) is 2.39. The molecule has 2 N–H and O–H groups in total. The number of benzene rings is 1. The van der Waals surface area contributed by atoms with E-state index >= 15 is 0 Å². The highest BCUT2D eigenvalue weighted by molar-refractivity contribution is 7.15. The van der Waals surface area contributed by atoms with E-state index in [0.717, 1.165) is 11.3 Å². The van der Waals surface area contributed by atoms with E-state index in [-0.39, 0.29) is 22.0 Å². The molecule has 1 aromatic carbocycles. The topological polar surface area (TPSA) is 110 Å². The largest absolute Gasteiger partial charge is 0.477 e. The Balaban J connectivity index is 2.02. The Morgan fingerprint density at radius 3 is 2.57 bits per heavy atom. The number of amides is 1. The Labute approximate surface area is 123 Å². The maximum absolute atomic E-state index is 11.8. The average molecular weight is 306 g/mol. The number of thiophene rings is 1. The van der Waals surface area contributed by atoms with E-state index in [0.29, 0.717) is 5.56 Å². The van der Waals surface area contributed by atoms with Crippen molar-refractivity contribution in [2.45, 2.75) is 6.54 Å². The molecule has 0 fully saturated rings. The highest BCUT2D eigenvalue weighted by atomic mass is 32.1. The molecule has 108 valence electrons. The van der Waals surface area contributed by atoms with Crippen molar-refractivity contribution in [3.8, 4) is 0 Å². The number of aromatic carboxylic acids is 1. The Morgan fingerprint density at radius 2 is 1.95 bits per heavy atom. The molecule has 21 heavy (non-hydrogen) atoms. The molecule has 0 unspecified atom stereocenters. The van der Waals surface area contributed by atoms with Gasteiger partial charge in [-0.15, -0.1) is 11.3 Å². The second-order valence-corrected chi connectivity index (χ2v) is 5.16. The van der Waals surface area contributed by atoms with Gasteiger partial charge < -0.3 is 10.4 Å². The summed E-state index contributed by atoms with van der Waals surface area (Å²) in [5.41, 5.74) is 0.540. The standard InChI is InChI=1S/C13H10N2O5S/c16-12(10-4-5-11(21-10)13(17)18)14-7-8-2-1-3-9(6-8)15(19)20/h1-6H,7H2,(H,14,16)(H,17,18). The molecule has 0 saturated carbocycles. The van der Waals surface area contributed by atoms with Crippen LogP contribution in [0.5, 0.6) is 0 Å². The first kappa shape index (κ1) is 14.7. The van der Waals surface area contributed by atoms with Crippen molar-refractivity contribution < 1.29 is 19.6 Å². The first-order valence-corrected chi connectivity index (χ1v) is 6.63. The van der Waals surface area contributed by atoms with Crippen molar-refractivity contribution in [3.63, 3.8) is 0 Å². The van der Waals surface area contributed by atoms with Crippen LogP contribution in [0.15, 0.2) is 36.4 Å². The summed E-state index contributed by atoms with van der Waals surface area (Å²) in [4.78, 5) is 33.1. The van der Waals surface area contributed by atoms with Crippen molar-refractivity contribution in [2.75, 3.05) is 0 Å². The number of hydrogen-bond donors (Lipinski definition) is 2. The summed E-state index contributed by atoms with van der Waals surface area (Å²) in [6.07, 6.45) is 0. The SMILES string of the molecule is O=C(O)c1ccc(C(=O)NCc2cccc([N+](=O)[O-])c2)s1. The number of nitrogens with one attached hydrogen (secondary N) is 1. The van der Waals surface area contributed by atoms with Crippen LogP contribution < -0.4 is 5.32 Å². The molecular weight excluding hydrogens is 296 g/mol. The number of hydrogen-bond acceptors (Lipinski definition) is 5. The van der Waals surface area contributed by atoms with Crippen LogP contribution in [0.3, 0.4) is 0 Å². The molecule has 0 spiro atoms. The second-order valence-electron chi connectivity index (χ2n) is 4.08. The third kappa shape index (κ3) is 3.63. The van der Waals surface area contributed by atoms with E-state index in [4.69, 9.17) is 5.11 Å². The van der Waals surface area contributed by atoms with Crippen LogP contribution >= 0.6 is 11.3 Å². The zero-order chi connectivity index (χ0) is 15.4. The summed E-state index contributed by atoms with van der Waals surface area (Å²) in [6, 6.07) is 8.71. The minimum atomic E-state index is -1.09. The van der Waals surface area contributed by atoms with Crippen molar-refractivity contribution in [1.29, 1.82) is 0 Å². The fourth-order valence-electron chi connectivity index (χ4n) is 1.62. The van der Waals surface area contributed by atoms with Gasteiger partial charge in [-0.05, 0) is 17.7 Å². The van der Waals surface area contributed by atoms with E-state index in [1.54, 1.807) is 6.07 Å². The first-order chi connectivity index (χ1) is 9.97. The summed E-state index contributed by atoms with van der Waals surface area (Å²) in [6.45, 7) is 0.126. The number of carboxylic acids is 1. The number of rotatable bonds is 5. The Morgan fingerprint density at radius 1 is 1.24 bits per heavy atom. The number of carboxylic acid groups (broad SMARTS) is 1. The molecule has 0 saturated heterocycles. The van der Waals surface area contributed by atoms with Crippen molar-refractivity contribution in [3.05, 3.63) is 61.8 Å². The summed E-state index contributed by atoms with van der Waals surface area (Å²) >= 11 is 0.872. The molecule has 7 nitrogen and oxygen atoms in total. The first-order valence-electron chi connectivity index (χ1n) is 5.82. The van der Waals surface area contributed by atoms with Gasteiger partial charge in [0, 0.05) is 18.7 Å². The maximum atomic E-state index is 11.8. The fraction of sp³-hybridized carbons (Fsp3) is 0.0769. The van der Waals surface area contributed by atoms with Gasteiger partial charge in [0.1, 0.15) is 4.88 Å². The average Bonchev–Trinajstić information content (AvgIpc) is 2.95. The molecule has 2 aromatic rings. The lowest BCUT2D eigenvalue weighted by Crippen LogP contribution is -2.21. The number of carbonyl (C=O) groups is 2. The second kappa shape index (κ2) is 6.14. The van der Waals surface area contributed by atoms with Gasteiger partial charge >= 0.3 is 5.97 Å². The summed E-state index contributed by atoms with van der Waals surface area (Å²) in [5.74, 6) is -1.50. The van der Waals surface area contributed by atoms with Crippen LogP contribution in [0.4, 0.5) is 5.69 Å². The molecule has 0 aliphatic carbocycles. The van der Waals surface area contributed by atoms with E-state index < -0.39 is 16.8 Å². The lowest BCUT2D eigenvalue weighted by Gasteiger charge is -2.03. The van der Waals surface area contributed by atoms with Crippen LogP contribution in [0.1, 0.15) is 24.9 Å². The molecule has 0 bridgehead atoms. The van der Waals surface area contributed by atoms with Crippen LogP contribution in [0.25, 0.3) is 0 Å². The Kier molecular flexibility index (Phi) is 4.29. The third-order valence-corrected chi connectivity index (χ3v) is 3.69. The van der Waals surface area contributed by atoms with Gasteiger partial charge in [-0.3, -0.25) is 14.9 Å². The van der Waals surface area contributed by atoms with Gasteiger partial charge in [-0.25, -0.2) is 4.79 Å². The quantitative estimate of drug-likeness (QED) is 0.650. The van der Waals surface area contributed by atoms with Crippen molar-refractivity contribution >= 4 is 28.9 Å². The number of non-ortho nitro benzene ring substituents is 1. The lowest BCUT2D eigenvalue weighted by molar-refractivity contribution is -0.384. The third-order valence-electron chi connectivity index (χ3n) is 2.62. The van der Waals surface area contributed by atoms with Gasteiger partial charge in [0.05, 0.1) is 9.80 Å². The number of nitrogens with zero attached hydrogens (tertiary/aromatic N) is 1. The Bertz CT molecular complexity index is 710. The molecule has 0 aliphatic heterocycles. The van der Waals surface area contributed by atoms with Crippen molar-refractivity contribution in [1.82, 2.24) is 5.32 Å². The molecule has 8 heteroatoms. The van der Waals surface area contributed by atoms with Crippen LogP contribution in [0.2, 0.25) is 0 Å². The molecule has 0 atom stereocenters. The molecule has 0 radical (unpaired) electrons. The molecular formula is C13H10N2O5S. The molecule has 1 aromatic heterocycles. The van der Waals surface area contributed by atoms with E-state index in [9.17, 15) is 19.7 Å². The normalized spacial score (nSPS) is 10.1. The molecule has 0 aliphatic rings. The van der Waals surface area contributed by atoms with Crippen LogP contribution in [-0.2, 0) is 6.54 Å². The zero-order valence-corrected chi connectivity index (χ0v) is 11.4. The number of nitro groups is 1.